The number of primary amides is 1. The molecule has 3 aromatic heterocycles. The Bertz CT molecular complexity index is 1380. The number of aryl methyl sites for hydroxylation is 2. The molecular formula is C23H21F2N5O2S. The maximum atomic E-state index is 13.6. The molecule has 3 heterocycles. The van der Waals surface area contributed by atoms with E-state index in [2.05, 4.69) is 15.4 Å². The van der Waals surface area contributed by atoms with Crippen LogP contribution in [0.3, 0.4) is 0 Å². The lowest BCUT2D eigenvalue weighted by molar-refractivity contribution is 0.100. The van der Waals surface area contributed by atoms with E-state index in [0.29, 0.717) is 40.0 Å². The molecule has 0 aliphatic carbocycles. The molecule has 0 unspecified atom stereocenters. The minimum atomic E-state index is -2.81. The maximum Gasteiger partial charge on any atom is 0.280 e. The lowest BCUT2D eigenvalue weighted by Crippen LogP contribution is -2.18. The van der Waals surface area contributed by atoms with Gasteiger partial charge in [0.15, 0.2) is 0 Å². The highest BCUT2D eigenvalue weighted by Crippen LogP contribution is 2.42. The summed E-state index contributed by atoms with van der Waals surface area (Å²) >= 11 is 0.873. The number of alkyl halides is 2. The summed E-state index contributed by atoms with van der Waals surface area (Å²) in [6, 6.07) is 10.1. The first-order chi connectivity index (χ1) is 15.7. The van der Waals surface area contributed by atoms with Gasteiger partial charge < -0.3 is 11.1 Å². The number of aromatic nitrogens is 3. The first-order valence-electron chi connectivity index (χ1n) is 10.2. The number of carbonyl (C=O) groups excluding carboxylic acids is 2. The molecule has 33 heavy (non-hydrogen) atoms. The Kier molecular flexibility index (Phi) is 5.94. The molecule has 0 saturated heterocycles. The number of hydrogen-bond donors (Lipinski definition) is 2. The molecule has 0 spiro atoms. The molecule has 170 valence electrons. The normalized spacial score (nSPS) is 11.3. The second-order valence-corrected chi connectivity index (χ2v) is 8.43. The average Bonchev–Trinajstić information content (AvgIpc) is 3.30. The molecule has 0 fully saturated rings. The summed E-state index contributed by atoms with van der Waals surface area (Å²) in [6.45, 7) is 6.01. The monoisotopic (exact) mass is 469 g/mol. The van der Waals surface area contributed by atoms with Crippen molar-refractivity contribution in [3.8, 4) is 11.1 Å². The number of nitrogens with two attached hydrogens (primary N) is 1. The Hall–Kier alpha value is -3.66. The molecule has 0 saturated carbocycles. The third-order valence-electron chi connectivity index (χ3n) is 5.36. The van der Waals surface area contributed by atoms with Crippen molar-refractivity contribution >= 4 is 39.1 Å². The quantitative estimate of drug-likeness (QED) is 0.411. The number of fused-ring (bicyclic) bond motifs is 1. The van der Waals surface area contributed by atoms with Gasteiger partial charge in [-0.2, -0.15) is 5.10 Å². The van der Waals surface area contributed by atoms with Crippen molar-refractivity contribution in [1.82, 2.24) is 14.8 Å². The molecule has 2 amide bonds. The Morgan fingerprint density at radius 3 is 2.48 bits per heavy atom. The number of hydrogen-bond acceptors (Lipinski definition) is 5. The predicted molar refractivity (Wildman–Crippen MR) is 124 cm³/mol. The van der Waals surface area contributed by atoms with E-state index in [0.717, 1.165) is 11.3 Å². The van der Waals surface area contributed by atoms with Gasteiger partial charge in [0.25, 0.3) is 18.2 Å². The van der Waals surface area contributed by atoms with Crippen molar-refractivity contribution < 1.29 is 18.4 Å². The topological polar surface area (TPSA) is 103 Å². The summed E-state index contributed by atoms with van der Waals surface area (Å²) < 4.78 is 28.9. The van der Waals surface area contributed by atoms with Gasteiger partial charge in [0.2, 0.25) is 0 Å². The zero-order valence-corrected chi connectivity index (χ0v) is 19.0. The SMILES string of the molecule is CCn1nc(C)c(C(=O)Nc2c(C(N)=O)sc3nc(C(F)F)cc(-c4ccccc4)c23)c1C. The van der Waals surface area contributed by atoms with Gasteiger partial charge in [-0.1, -0.05) is 30.3 Å². The van der Waals surface area contributed by atoms with Crippen LogP contribution in [0.5, 0.6) is 0 Å². The number of pyridine rings is 1. The number of anilines is 1. The lowest BCUT2D eigenvalue weighted by atomic mass is 10.0. The Balaban J connectivity index is 1.96. The van der Waals surface area contributed by atoms with Crippen LogP contribution >= 0.6 is 11.3 Å². The van der Waals surface area contributed by atoms with Crippen molar-refractivity contribution in [3.63, 3.8) is 0 Å². The zero-order valence-electron chi connectivity index (χ0n) is 18.1. The maximum absolute atomic E-state index is 13.6. The largest absolute Gasteiger partial charge is 0.365 e. The van der Waals surface area contributed by atoms with Gasteiger partial charge in [0.1, 0.15) is 15.4 Å². The minimum Gasteiger partial charge on any atom is -0.365 e. The van der Waals surface area contributed by atoms with Crippen molar-refractivity contribution in [1.29, 1.82) is 0 Å². The first-order valence-corrected chi connectivity index (χ1v) is 11.0. The molecule has 0 aliphatic rings. The van der Waals surface area contributed by atoms with Crippen LogP contribution in [0.15, 0.2) is 36.4 Å². The van der Waals surface area contributed by atoms with Crippen molar-refractivity contribution in [2.24, 2.45) is 5.73 Å². The summed E-state index contributed by atoms with van der Waals surface area (Å²) in [7, 11) is 0. The lowest BCUT2D eigenvalue weighted by Gasteiger charge is -2.11. The third-order valence-corrected chi connectivity index (χ3v) is 6.46. The van der Waals surface area contributed by atoms with Gasteiger partial charge in [-0.15, -0.1) is 11.3 Å². The summed E-state index contributed by atoms with van der Waals surface area (Å²) in [5.74, 6) is -1.26. The summed E-state index contributed by atoms with van der Waals surface area (Å²) in [6.07, 6.45) is -2.81. The van der Waals surface area contributed by atoms with Gasteiger partial charge in [0.05, 0.1) is 16.9 Å². The van der Waals surface area contributed by atoms with Gasteiger partial charge in [0, 0.05) is 17.6 Å². The number of carbonyl (C=O) groups is 2. The second kappa shape index (κ2) is 8.70. The van der Waals surface area contributed by atoms with E-state index < -0.39 is 23.9 Å². The number of thiophene rings is 1. The molecular weight excluding hydrogens is 448 g/mol. The number of benzene rings is 1. The molecule has 4 aromatic rings. The van der Waals surface area contributed by atoms with E-state index in [-0.39, 0.29) is 15.4 Å². The minimum absolute atomic E-state index is 0.0348. The van der Waals surface area contributed by atoms with Crippen LogP contribution in [0.2, 0.25) is 0 Å². The van der Waals surface area contributed by atoms with Crippen LogP contribution in [-0.4, -0.2) is 26.6 Å². The Labute approximate surface area is 192 Å². The highest BCUT2D eigenvalue weighted by molar-refractivity contribution is 7.21. The summed E-state index contributed by atoms with van der Waals surface area (Å²) in [4.78, 5) is 29.8. The molecule has 0 radical (unpaired) electrons. The highest BCUT2D eigenvalue weighted by Gasteiger charge is 2.27. The van der Waals surface area contributed by atoms with Gasteiger partial charge in [-0.25, -0.2) is 13.8 Å². The summed E-state index contributed by atoms with van der Waals surface area (Å²) in [5, 5.41) is 7.55. The van der Waals surface area contributed by atoms with E-state index >= 15 is 0 Å². The van der Waals surface area contributed by atoms with E-state index in [1.807, 2.05) is 6.92 Å². The fourth-order valence-electron chi connectivity index (χ4n) is 3.88. The van der Waals surface area contributed by atoms with E-state index in [4.69, 9.17) is 5.73 Å². The molecule has 0 atom stereocenters. The molecule has 3 N–H and O–H groups in total. The van der Waals surface area contributed by atoms with Crippen LogP contribution in [-0.2, 0) is 6.54 Å². The number of amides is 2. The van der Waals surface area contributed by atoms with Crippen molar-refractivity contribution in [2.75, 3.05) is 5.32 Å². The van der Waals surface area contributed by atoms with Crippen LogP contribution in [0.25, 0.3) is 21.3 Å². The summed E-state index contributed by atoms with van der Waals surface area (Å²) in [5.41, 5.74) is 7.98. The van der Waals surface area contributed by atoms with Crippen LogP contribution in [0.1, 0.15) is 50.5 Å². The van der Waals surface area contributed by atoms with E-state index in [9.17, 15) is 18.4 Å². The average molecular weight is 470 g/mol. The molecule has 4 rings (SSSR count). The van der Waals surface area contributed by atoms with Gasteiger partial charge in [-0.05, 0) is 38.0 Å². The highest BCUT2D eigenvalue weighted by atomic mass is 32.1. The van der Waals surface area contributed by atoms with Gasteiger partial charge >= 0.3 is 0 Å². The Morgan fingerprint density at radius 1 is 1.21 bits per heavy atom. The van der Waals surface area contributed by atoms with Crippen LogP contribution in [0.4, 0.5) is 14.5 Å². The van der Waals surface area contributed by atoms with Crippen molar-refractivity contribution in [2.45, 2.75) is 33.7 Å². The molecule has 0 bridgehead atoms. The Morgan fingerprint density at radius 2 is 1.91 bits per heavy atom. The van der Waals surface area contributed by atoms with Crippen molar-refractivity contribution in [3.05, 3.63) is 63.9 Å². The van der Waals surface area contributed by atoms with Gasteiger partial charge in [-0.3, -0.25) is 14.3 Å². The number of nitrogens with one attached hydrogen (secondary N) is 1. The van der Waals surface area contributed by atoms with Crippen LogP contribution < -0.4 is 11.1 Å². The van der Waals surface area contributed by atoms with E-state index in [1.165, 1.54) is 6.07 Å². The molecule has 10 heteroatoms. The molecule has 7 nitrogen and oxygen atoms in total. The molecule has 0 aliphatic heterocycles. The fourth-order valence-corrected chi connectivity index (χ4v) is 4.89. The number of nitrogens with zero attached hydrogens (tertiary/aromatic N) is 3. The second-order valence-electron chi connectivity index (χ2n) is 7.43. The smallest absolute Gasteiger partial charge is 0.280 e. The van der Waals surface area contributed by atoms with E-state index in [1.54, 1.807) is 48.9 Å². The molecule has 1 aromatic carbocycles. The first kappa shape index (κ1) is 22.5. The zero-order chi connectivity index (χ0) is 23.9. The number of rotatable bonds is 6. The number of halogens is 2. The van der Waals surface area contributed by atoms with Crippen LogP contribution in [0, 0.1) is 13.8 Å². The third kappa shape index (κ3) is 3.97. The predicted octanol–water partition coefficient (Wildman–Crippen LogP) is 5.09. The fraction of sp³-hybridized carbons (Fsp3) is 0.217. The standard InChI is InChI=1S/C23H21F2N5O2S/c1-4-30-12(3)16(11(2)29-30)22(32)28-18-17-14(13-8-6-5-7-9-13)10-15(20(24)25)27-23(17)33-19(18)21(26)31/h5-10,20H,4H2,1-3H3,(H2,26,31)(H,28,32).